The van der Waals surface area contributed by atoms with Crippen molar-refractivity contribution in [1.29, 1.82) is 0 Å². The van der Waals surface area contributed by atoms with Gasteiger partial charge in [-0.2, -0.15) is 0 Å². The molecule has 1 aromatic carbocycles. The third-order valence-electron chi connectivity index (χ3n) is 4.82. The number of carbonyl (C=O) groups excluding carboxylic acids is 1. The van der Waals surface area contributed by atoms with E-state index in [0.29, 0.717) is 24.2 Å². The summed E-state index contributed by atoms with van der Waals surface area (Å²) in [5.41, 5.74) is 2.14. The topological polar surface area (TPSA) is 88.6 Å². The first-order chi connectivity index (χ1) is 14.3. The first-order valence-electron chi connectivity index (χ1n) is 9.77. The summed E-state index contributed by atoms with van der Waals surface area (Å²) in [7, 11) is 0. The average molecular weight is 412 g/mol. The maximum absolute atomic E-state index is 13.4. The van der Waals surface area contributed by atoms with Crippen LogP contribution in [0.1, 0.15) is 37.7 Å². The number of aliphatic hydroxyl groups is 1. The molecule has 0 saturated carbocycles. The van der Waals surface area contributed by atoms with Gasteiger partial charge >= 0.3 is 0 Å². The van der Waals surface area contributed by atoms with Crippen LogP contribution in [0.25, 0.3) is 16.9 Å². The van der Waals surface area contributed by atoms with E-state index in [0.717, 1.165) is 5.57 Å². The monoisotopic (exact) mass is 412 g/mol. The lowest BCUT2D eigenvalue weighted by Gasteiger charge is -2.12. The second-order valence-electron chi connectivity index (χ2n) is 7.34. The van der Waals surface area contributed by atoms with Crippen LogP contribution in [0.4, 0.5) is 4.39 Å². The molecule has 0 unspecified atom stereocenters. The standard InChI is InChI=1S/C22H25FN4O3/c1-4-17(13-28)24-21(29)18-11-26-12-19(15-5-7-16(23)8-6-15)27(10-9-14(2)3)22(30)20(26)25-18/h5-9,11-12,17,28H,4,10,13H2,1-3H3,(H,24,29)/t17-/m0/s1. The van der Waals surface area contributed by atoms with E-state index in [4.69, 9.17) is 0 Å². The van der Waals surface area contributed by atoms with Crippen molar-refractivity contribution >= 4 is 11.6 Å². The Morgan fingerprint density at radius 2 is 1.97 bits per heavy atom. The van der Waals surface area contributed by atoms with Crippen molar-refractivity contribution in [1.82, 2.24) is 19.3 Å². The van der Waals surface area contributed by atoms with Crippen LogP contribution in [-0.2, 0) is 6.54 Å². The Kier molecular flexibility index (Phi) is 6.47. The Balaban J connectivity index is 2.13. The normalized spacial score (nSPS) is 12.0. The number of nitrogens with one attached hydrogen (secondary N) is 1. The van der Waals surface area contributed by atoms with Crippen molar-refractivity contribution in [2.45, 2.75) is 39.8 Å². The quantitative estimate of drug-likeness (QED) is 0.584. The molecule has 7 nitrogen and oxygen atoms in total. The number of hydrogen-bond donors (Lipinski definition) is 2. The largest absolute Gasteiger partial charge is 0.394 e. The van der Waals surface area contributed by atoms with Crippen LogP contribution in [-0.4, -0.2) is 37.6 Å². The van der Waals surface area contributed by atoms with Gasteiger partial charge in [-0.1, -0.05) is 18.6 Å². The fraction of sp³-hybridized carbons (Fsp3) is 0.318. The third kappa shape index (κ3) is 4.49. The van der Waals surface area contributed by atoms with E-state index in [1.807, 2.05) is 26.8 Å². The number of fused-ring (bicyclic) bond motifs is 1. The Morgan fingerprint density at radius 1 is 1.27 bits per heavy atom. The minimum atomic E-state index is -0.460. The molecule has 0 aliphatic rings. The van der Waals surface area contributed by atoms with Crippen molar-refractivity contribution in [2.75, 3.05) is 6.61 Å². The molecule has 1 amide bonds. The summed E-state index contributed by atoms with van der Waals surface area (Å²) in [6, 6.07) is 5.49. The maximum atomic E-state index is 13.4. The van der Waals surface area contributed by atoms with Gasteiger partial charge in [-0.15, -0.1) is 0 Å². The molecule has 158 valence electrons. The Hall–Kier alpha value is -3.26. The zero-order valence-corrected chi connectivity index (χ0v) is 17.2. The van der Waals surface area contributed by atoms with Crippen molar-refractivity contribution in [3.63, 3.8) is 0 Å². The van der Waals surface area contributed by atoms with Gasteiger partial charge < -0.3 is 10.4 Å². The van der Waals surface area contributed by atoms with Crippen LogP contribution in [0, 0.1) is 5.82 Å². The number of nitrogens with zero attached hydrogens (tertiary/aromatic N) is 3. The highest BCUT2D eigenvalue weighted by atomic mass is 19.1. The summed E-state index contributed by atoms with van der Waals surface area (Å²) < 4.78 is 16.4. The highest BCUT2D eigenvalue weighted by Gasteiger charge is 2.18. The number of hydrogen-bond acceptors (Lipinski definition) is 4. The molecule has 0 fully saturated rings. The first-order valence-corrected chi connectivity index (χ1v) is 9.77. The summed E-state index contributed by atoms with van der Waals surface area (Å²) in [6.07, 6.45) is 5.67. The lowest BCUT2D eigenvalue weighted by Crippen LogP contribution is -2.37. The summed E-state index contributed by atoms with van der Waals surface area (Å²) in [5.74, 6) is -0.827. The van der Waals surface area contributed by atoms with Crippen LogP contribution < -0.4 is 10.9 Å². The number of halogens is 1. The Morgan fingerprint density at radius 3 is 2.57 bits per heavy atom. The van der Waals surface area contributed by atoms with E-state index in [1.54, 1.807) is 22.9 Å². The van der Waals surface area contributed by atoms with Gasteiger partial charge in [0.15, 0.2) is 0 Å². The molecule has 3 aromatic rings. The van der Waals surface area contributed by atoms with Gasteiger partial charge in [0.2, 0.25) is 5.65 Å². The number of allylic oxidation sites excluding steroid dienone is 2. The minimum Gasteiger partial charge on any atom is -0.394 e. The van der Waals surface area contributed by atoms with Crippen molar-refractivity contribution in [3.05, 3.63) is 70.2 Å². The molecular formula is C22H25FN4O3. The molecule has 0 spiro atoms. The zero-order chi connectivity index (χ0) is 21.8. The molecule has 0 aliphatic heterocycles. The van der Waals surface area contributed by atoms with Gasteiger partial charge in [-0.05, 0) is 50.1 Å². The predicted molar refractivity (Wildman–Crippen MR) is 113 cm³/mol. The van der Waals surface area contributed by atoms with Gasteiger partial charge in [-0.25, -0.2) is 9.37 Å². The maximum Gasteiger partial charge on any atom is 0.295 e. The van der Waals surface area contributed by atoms with Crippen molar-refractivity contribution in [2.24, 2.45) is 0 Å². The summed E-state index contributed by atoms with van der Waals surface area (Å²) in [6.45, 7) is 5.86. The third-order valence-corrected chi connectivity index (χ3v) is 4.82. The van der Waals surface area contributed by atoms with Crippen LogP contribution in [0.2, 0.25) is 0 Å². The van der Waals surface area contributed by atoms with Gasteiger partial charge in [0, 0.05) is 18.9 Å². The van der Waals surface area contributed by atoms with E-state index in [9.17, 15) is 19.1 Å². The molecule has 1 atom stereocenters. The lowest BCUT2D eigenvalue weighted by atomic mass is 10.1. The van der Waals surface area contributed by atoms with Crippen LogP contribution in [0.15, 0.2) is 53.1 Å². The molecule has 8 heteroatoms. The first kappa shape index (κ1) is 21.4. The van der Waals surface area contributed by atoms with Crippen LogP contribution in [0.5, 0.6) is 0 Å². The number of imidazole rings is 1. The summed E-state index contributed by atoms with van der Waals surface area (Å²) in [5, 5.41) is 12.0. The lowest BCUT2D eigenvalue weighted by molar-refractivity contribution is 0.0910. The molecule has 30 heavy (non-hydrogen) atoms. The SMILES string of the molecule is CC[C@@H](CO)NC(=O)c1cn2cc(-c3ccc(F)cc3)n(CC=C(C)C)c(=O)c2n1. The molecule has 0 radical (unpaired) electrons. The van der Waals surface area contributed by atoms with Crippen LogP contribution >= 0.6 is 0 Å². The predicted octanol–water partition coefficient (Wildman–Crippen LogP) is 2.77. The Bertz CT molecular complexity index is 1140. The van der Waals surface area contributed by atoms with E-state index < -0.39 is 5.91 Å². The number of carbonyl (C=O) groups is 1. The molecule has 0 saturated heterocycles. The number of aliphatic hydroxyl groups excluding tert-OH is 1. The fourth-order valence-electron chi connectivity index (χ4n) is 3.03. The van der Waals surface area contributed by atoms with Gasteiger partial charge in [0.05, 0.1) is 18.3 Å². The van der Waals surface area contributed by atoms with E-state index in [1.165, 1.54) is 22.7 Å². The van der Waals surface area contributed by atoms with Crippen molar-refractivity contribution in [3.8, 4) is 11.3 Å². The van der Waals surface area contributed by atoms with Gasteiger partial charge in [-0.3, -0.25) is 18.6 Å². The van der Waals surface area contributed by atoms with E-state index in [2.05, 4.69) is 10.3 Å². The number of benzene rings is 1. The number of amides is 1. The Labute approximate surface area is 173 Å². The fourth-order valence-corrected chi connectivity index (χ4v) is 3.03. The molecule has 2 aromatic heterocycles. The second kappa shape index (κ2) is 9.04. The summed E-state index contributed by atoms with van der Waals surface area (Å²) >= 11 is 0. The van der Waals surface area contributed by atoms with Crippen molar-refractivity contribution < 1.29 is 14.3 Å². The molecule has 2 N–H and O–H groups in total. The second-order valence-corrected chi connectivity index (χ2v) is 7.34. The molecule has 0 bridgehead atoms. The molecule has 2 heterocycles. The van der Waals surface area contributed by atoms with E-state index >= 15 is 0 Å². The van der Waals surface area contributed by atoms with Gasteiger partial charge in [0.1, 0.15) is 11.5 Å². The highest BCUT2D eigenvalue weighted by molar-refractivity contribution is 5.93. The minimum absolute atomic E-state index is 0.0871. The zero-order valence-electron chi connectivity index (χ0n) is 17.2. The van der Waals surface area contributed by atoms with E-state index in [-0.39, 0.29) is 35.4 Å². The highest BCUT2D eigenvalue weighted by Crippen LogP contribution is 2.20. The molecular weight excluding hydrogens is 387 g/mol. The smallest absolute Gasteiger partial charge is 0.295 e. The number of rotatable bonds is 7. The summed E-state index contributed by atoms with van der Waals surface area (Å²) in [4.78, 5) is 29.9. The number of aromatic nitrogens is 3. The van der Waals surface area contributed by atoms with Gasteiger partial charge in [0.25, 0.3) is 11.5 Å². The molecule has 0 aliphatic carbocycles. The molecule has 3 rings (SSSR count). The average Bonchev–Trinajstić information content (AvgIpc) is 3.16. The van der Waals surface area contributed by atoms with Crippen LogP contribution in [0.3, 0.4) is 0 Å².